The molecule has 6 heteroatoms. The zero-order chi connectivity index (χ0) is 10.2. The van der Waals surface area contributed by atoms with Crippen molar-refractivity contribution in [2.45, 2.75) is 6.42 Å². The summed E-state index contributed by atoms with van der Waals surface area (Å²) in [5, 5.41) is 13.4. The van der Waals surface area contributed by atoms with Gasteiger partial charge in [0, 0.05) is 18.9 Å². The molecule has 0 aliphatic carbocycles. The average molecular weight is 233 g/mol. The molecule has 14 heavy (non-hydrogen) atoms. The van der Waals surface area contributed by atoms with Crippen molar-refractivity contribution < 1.29 is 5.11 Å². The lowest BCUT2D eigenvalue weighted by Gasteiger charge is -2.01. The first kappa shape index (κ1) is 11.6. The molecule has 1 aromatic rings. The molecule has 80 valence electrons. The SMILES string of the molecule is Nc1cnc(NCCSCCCO)s1. The fraction of sp³-hybridized carbons (Fsp3) is 0.625. The Morgan fingerprint density at radius 2 is 2.43 bits per heavy atom. The average Bonchev–Trinajstić information content (AvgIpc) is 2.58. The third-order valence-electron chi connectivity index (χ3n) is 1.49. The molecule has 0 saturated heterocycles. The first-order chi connectivity index (χ1) is 6.83. The smallest absolute Gasteiger partial charge is 0.184 e. The largest absolute Gasteiger partial charge is 0.396 e. The lowest BCUT2D eigenvalue weighted by atomic mass is 10.5. The molecule has 0 fully saturated rings. The Bertz CT molecular complexity index is 254. The molecular formula is C8H15N3OS2. The maximum Gasteiger partial charge on any atom is 0.184 e. The molecule has 0 saturated carbocycles. The molecule has 1 rings (SSSR count). The van der Waals surface area contributed by atoms with E-state index in [4.69, 9.17) is 10.8 Å². The van der Waals surface area contributed by atoms with Gasteiger partial charge in [-0.05, 0) is 12.2 Å². The summed E-state index contributed by atoms with van der Waals surface area (Å²) in [6.07, 6.45) is 2.53. The summed E-state index contributed by atoms with van der Waals surface area (Å²) >= 11 is 3.29. The predicted octanol–water partition coefficient (Wildman–Crippen LogP) is 1.25. The molecule has 0 atom stereocenters. The molecule has 0 bridgehead atoms. The number of aliphatic hydroxyl groups excluding tert-OH is 1. The molecule has 0 aromatic carbocycles. The van der Waals surface area contributed by atoms with Crippen molar-refractivity contribution in [1.82, 2.24) is 4.98 Å². The predicted molar refractivity (Wildman–Crippen MR) is 64.0 cm³/mol. The standard InChI is InChI=1S/C8H15N3OS2/c9-7-6-11-8(14-7)10-2-5-13-4-1-3-12/h6,12H,1-5,9H2,(H,10,11). The minimum absolute atomic E-state index is 0.281. The minimum atomic E-state index is 0.281. The van der Waals surface area contributed by atoms with E-state index in [1.807, 2.05) is 11.8 Å². The van der Waals surface area contributed by atoms with Gasteiger partial charge in [0.15, 0.2) is 5.13 Å². The van der Waals surface area contributed by atoms with Crippen molar-refractivity contribution in [2.75, 3.05) is 35.7 Å². The topological polar surface area (TPSA) is 71.2 Å². The van der Waals surface area contributed by atoms with Crippen LogP contribution in [0.25, 0.3) is 0 Å². The van der Waals surface area contributed by atoms with Gasteiger partial charge in [-0.3, -0.25) is 0 Å². The van der Waals surface area contributed by atoms with Crippen LogP contribution in [-0.2, 0) is 0 Å². The van der Waals surface area contributed by atoms with Gasteiger partial charge in [0.05, 0.1) is 6.20 Å². The number of nitrogens with two attached hydrogens (primary N) is 1. The molecule has 4 N–H and O–H groups in total. The highest BCUT2D eigenvalue weighted by molar-refractivity contribution is 7.99. The van der Waals surface area contributed by atoms with Crippen molar-refractivity contribution >= 4 is 33.2 Å². The molecular weight excluding hydrogens is 218 g/mol. The fourth-order valence-corrected chi connectivity index (χ4v) is 2.26. The lowest BCUT2D eigenvalue weighted by Crippen LogP contribution is -2.04. The summed E-state index contributed by atoms with van der Waals surface area (Å²) < 4.78 is 0. The van der Waals surface area contributed by atoms with E-state index in [1.165, 1.54) is 11.3 Å². The Morgan fingerprint density at radius 3 is 3.07 bits per heavy atom. The molecule has 4 nitrogen and oxygen atoms in total. The van der Waals surface area contributed by atoms with E-state index >= 15 is 0 Å². The van der Waals surface area contributed by atoms with Crippen LogP contribution >= 0.6 is 23.1 Å². The van der Waals surface area contributed by atoms with Gasteiger partial charge in [0.1, 0.15) is 5.00 Å². The summed E-state index contributed by atoms with van der Waals surface area (Å²) in [5.41, 5.74) is 5.53. The summed E-state index contributed by atoms with van der Waals surface area (Å²) in [6, 6.07) is 0. The second-order valence-corrected chi connectivity index (χ2v) is 4.97. The maximum absolute atomic E-state index is 8.55. The normalized spacial score (nSPS) is 10.4. The van der Waals surface area contributed by atoms with Gasteiger partial charge in [-0.15, -0.1) is 0 Å². The van der Waals surface area contributed by atoms with Crippen LogP contribution in [-0.4, -0.2) is 34.7 Å². The van der Waals surface area contributed by atoms with E-state index in [2.05, 4.69) is 10.3 Å². The number of nitrogens with zero attached hydrogens (tertiary/aromatic N) is 1. The Balaban J connectivity index is 1.99. The number of aromatic nitrogens is 1. The van der Waals surface area contributed by atoms with E-state index < -0.39 is 0 Å². The number of rotatable bonds is 7. The van der Waals surface area contributed by atoms with Crippen molar-refractivity contribution in [3.05, 3.63) is 6.20 Å². The van der Waals surface area contributed by atoms with E-state index in [-0.39, 0.29) is 6.61 Å². The van der Waals surface area contributed by atoms with Gasteiger partial charge in [-0.1, -0.05) is 11.3 Å². The number of nitrogens with one attached hydrogen (secondary N) is 1. The van der Waals surface area contributed by atoms with Crippen molar-refractivity contribution in [3.63, 3.8) is 0 Å². The first-order valence-electron chi connectivity index (χ1n) is 4.46. The van der Waals surface area contributed by atoms with Crippen LogP contribution in [0.4, 0.5) is 10.1 Å². The maximum atomic E-state index is 8.55. The van der Waals surface area contributed by atoms with E-state index in [0.29, 0.717) is 0 Å². The van der Waals surface area contributed by atoms with Crippen molar-refractivity contribution in [2.24, 2.45) is 0 Å². The van der Waals surface area contributed by atoms with Crippen molar-refractivity contribution in [3.8, 4) is 0 Å². The quantitative estimate of drug-likeness (QED) is 0.618. The lowest BCUT2D eigenvalue weighted by molar-refractivity contribution is 0.296. The summed E-state index contributed by atoms with van der Waals surface area (Å²) in [7, 11) is 0. The molecule has 0 spiro atoms. The molecule has 1 heterocycles. The van der Waals surface area contributed by atoms with Crippen molar-refractivity contribution in [1.29, 1.82) is 0 Å². The van der Waals surface area contributed by atoms with Gasteiger partial charge < -0.3 is 16.2 Å². The summed E-state index contributed by atoms with van der Waals surface area (Å²) in [4.78, 5) is 4.08. The number of hydrogen-bond donors (Lipinski definition) is 3. The number of thioether (sulfide) groups is 1. The monoisotopic (exact) mass is 233 g/mol. The van der Waals surface area contributed by atoms with Crippen LogP contribution in [0.2, 0.25) is 0 Å². The molecule has 1 aromatic heterocycles. The molecule has 0 unspecified atom stereocenters. The summed E-state index contributed by atoms with van der Waals surface area (Å²) in [5.74, 6) is 2.04. The number of aliphatic hydroxyl groups is 1. The number of nitrogen functional groups attached to an aromatic ring is 1. The number of anilines is 2. The second-order valence-electron chi connectivity index (χ2n) is 2.68. The van der Waals surface area contributed by atoms with Gasteiger partial charge in [0.25, 0.3) is 0 Å². The molecule has 0 aliphatic rings. The Hall–Kier alpha value is -0.460. The highest BCUT2D eigenvalue weighted by atomic mass is 32.2. The fourth-order valence-electron chi connectivity index (χ4n) is 0.867. The Labute approximate surface area is 91.9 Å². The molecule has 0 aliphatic heterocycles. The Kier molecular flexibility index (Phi) is 5.74. The minimum Gasteiger partial charge on any atom is -0.396 e. The van der Waals surface area contributed by atoms with Gasteiger partial charge >= 0.3 is 0 Å². The molecule has 0 radical (unpaired) electrons. The third-order valence-corrected chi connectivity index (χ3v) is 3.35. The van der Waals surface area contributed by atoms with Gasteiger partial charge in [0.2, 0.25) is 0 Å². The van der Waals surface area contributed by atoms with Crippen LogP contribution in [0, 0.1) is 0 Å². The van der Waals surface area contributed by atoms with E-state index in [0.717, 1.165) is 34.6 Å². The zero-order valence-corrected chi connectivity index (χ0v) is 9.53. The van der Waals surface area contributed by atoms with Crippen LogP contribution in [0.15, 0.2) is 6.20 Å². The van der Waals surface area contributed by atoms with Gasteiger partial charge in [-0.25, -0.2) is 4.98 Å². The Morgan fingerprint density at radius 1 is 1.57 bits per heavy atom. The zero-order valence-electron chi connectivity index (χ0n) is 7.90. The van der Waals surface area contributed by atoms with Crippen LogP contribution in [0.1, 0.15) is 6.42 Å². The van der Waals surface area contributed by atoms with Crippen LogP contribution in [0.5, 0.6) is 0 Å². The van der Waals surface area contributed by atoms with E-state index in [1.54, 1.807) is 6.20 Å². The highest BCUT2D eigenvalue weighted by Gasteiger charge is 1.96. The van der Waals surface area contributed by atoms with Crippen LogP contribution < -0.4 is 11.1 Å². The summed E-state index contributed by atoms with van der Waals surface area (Å²) in [6.45, 7) is 1.17. The van der Waals surface area contributed by atoms with E-state index in [9.17, 15) is 0 Å². The third kappa shape index (κ3) is 4.69. The first-order valence-corrected chi connectivity index (χ1v) is 6.44. The van der Waals surface area contributed by atoms with Gasteiger partial charge in [-0.2, -0.15) is 11.8 Å². The number of hydrogen-bond acceptors (Lipinski definition) is 6. The number of thiazole rings is 1. The molecule has 0 amide bonds. The highest BCUT2D eigenvalue weighted by Crippen LogP contribution is 2.19. The second kappa shape index (κ2) is 6.92. The van der Waals surface area contributed by atoms with Crippen LogP contribution in [0.3, 0.4) is 0 Å².